The van der Waals surface area contributed by atoms with Crippen molar-refractivity contribution in [1.82, 2.24) is 5.32 Å². The minimum absolute atomic E-state index is 0.0801. The molecule has 0 aliphatic carbocycles. The van der Waals surface area contributed by atoms with E-state index >= 15 is 0 Å². The SMILES string of the molecule is COc1cccc(CNC(=O)COc2cc(C)ccc2[N+](=O)[O-])c1. The summed E-state index contributed by atoms with van der Waals surface area (Å²) in [5, 5.41) is 13.7. The van der Waals surface area contributed by atoms with E-state index in [-0.39, 0.29) is 24.0 Å². The van der Waals surface area contributed by atoms with Crippen molar-refractivity contribution in [3.63, 3.8) is 0 Å². The molecule has 1 amide bonds. The highest BCUT2D eigenvalue weighted by Crippen LogP contribution is 2.27. The van der Waals surface area contributed by atoms with Crippen molar-refractivity contribution in [2.24, 2.45) is 0 Å². The highest BCUT2D eigenvalue weighted by molar-refractivity contribution is 5.77. The summed E-state index contributed by atoms with van der Waals surface area (Å²) in [7, 11) is 1.57. The Morgan fingerprint density at radius 3 is 2.75 bits per heavy atom. The molecule has 2 aromatic rings. The van der Waals surface area contributed by atoms with E-state index in [2.05, 4.69) is 5.32 Å². The van der Waals surface area contributed by atoms with Gasteiger partial charge in [-0.05, 0) is 36.2 Å². The van der Waals surface area contributed by atoms with Crippen molar-refractivity contribution in [1.29, 1.82) is 0 Å². The first-order chi connectivity index (χ1) is 11.5. The number of hydrogen-bond acceptors (Lipinski definition) is 5. The molecule has 0 bridgehead atoms. The quantitative estimate of drug-likeness (QED) is 0.622. The van der Waals surface area contributed by atoms with Gasteiger partial charge in [-0.2, -0.15) is 0 Å². The molecule has 24 heavy (non-hydrogen) atoms. The number of nitrogens with one attached hydrogen (secondary N) is 1. The van der Waals surface area contributed by atoms with Gasteiger partial charge >= 0.3 is 5.69 Å². The van der Waals surface area contributed by atoms with Crippen LogP contribution in [0, 0.1) is 17.0 Å². The van der Waals surface area contributed by atoms with Gasteiger partial charge < -0.3 is 14.8 Å². The number of methoxy groups -OCH3 is 1. The number of ether oxygens (including phenoxy) is 2. The fraction of sp³-hybridized carbons (Fsp3) is 0.235. The molecule has 0 saturated carbocycles. The molecule has 0 fully saturated rings. The average Bonchev–Trinajstić information content (AvgIpc) is 2.58. The second kappa shape index (κ2) is 7.96. The predicted octanol–water partition coefficient (Wildman–Crippen LogP) is 2.61. The molecular weight excluding hydrogens is 312 g/mol. The van der Waals surface area contributed by atoms with Crippen molar-refractivity contribution >= 4 is 11.6 Å². The normalized spacial score (nSPS) is 10.1. The number of hydrogen-bond donors (Lipinski definition) is 1. The molecule has 0 radical (unpaired) electrons. The van der Waals surface area contributed by atoms with Crippen LogP contribution in [0.25, 0.3) is 0 Å². The lowest BCUT2D eigenvalue weighted by Gasteiger charge is -2.09. The molecule has 0 aromatic heterocycles. The highest BCUT2D eigenvalue weighted by atomic mass is 16.6. The molecule has 0 saturated heterocycles. The molecular formula is C17H18N2O5. The van der Waals surface area contributed by atoms with Crippen molar-refractivity contribution in [3.8, 4) is 11.5 Å². The molecule has 126 valence electrons. The molecule has 0 aliphatic heterocycles. The average molecular weight is 330 g/mol. The zero-order chi connectivity index (χ0) is 17.5. The van der Waals surface area contributed by atoms with Gasteiger partial charge in [0.15, 0.2) is 12.4 Å². The summed E-state index contributed by atoms with van der Waals surface area (Å²) in [4.78, 5) is 22.3. The maximum atomic E-state index is 11.9. The van der Waals surface area contributed by atoms with Crippen molar-refractivity contribution < 1.29 is 19.2 Å². The van der Waals surface area contributed by atoms with E-state index in [1.807, 2.05) is 24.3 Å². The molecule has 1 N–H and O–H groups in total. The Kier molecular flexibility index (Phi) is 5.73. The zero-order valence-corrected chi connectivity index (χ0v) is 13.4. The first kappa shape index (κ1) is 17.3. The van der Waals surface area contributed by atoms with Gasteiger partial charge in [-0.3, -0.25) is 14.9 Å². The largest absolute Gasteiger partial charge is 0.497 e. The summed E-state index contributed by atoms with van der Waals surface area (Å²) in [6, 6.07) is 11.8. The van der Waals surface area contributed by atoms with Crippen LogP contribution in [0.4, 0.5) is 5.69 Å². The van der Waals surface area contributed by atoms with E-state index in [4.69, 9.17) is 9.47 Å². The van der Waals surface area contributed by atoms with Gasteiger partial charge in [0.25, 0.3) is 5.91 Å². The van der Waals surface area contributed by atoms with E-state index < -0.39 is 4.92 Å². The van der Waals surface area contributed by atoms with Crippen LogP contribution in [0.1, 0.15) is 11.1 Å². The Labute approximate surface area is 139 Å². The lowest BCUT2D eigenvalue weighted by Crippen LogP contribution is -2.28. The fourth-order valence-corrected chi connectivity index (χ4v) is 2.07. The second-order valence-corrected chi connectivity index (χ2v) is 5.15. The molecule has 0 atom stereocenters. The summed E-state index contributed by atoms with van der Waals surface area (Å²) in [6.45, 7) is 1.81. The number of carbonyl (C=O) groups excluding carboxylic acids is 1. The van der Waals surface area contributed by atoms with Crippen LogP contribution >= 0.6 is 0 Å². The van der Waals surface area contributed by atoms with Crippen LogP contribution in [0.5, 0.6) is 11.5 Å². The Bertz CT molecular complexity index is 746. The zero-order valence-electron chi connectivity index (χ0n) is 13.4. The summed E-state index contributed by atoms with van der Waals surface area (Å²) < 4.78 is 10.4. The van der Waals surface area contributed by atoms with Gasteiger partial charge in [-0.25, -0.2) is 0 Å². The van der Waals surface area contributed by atoms with E-state index in [1.54, 1.807) is 20.1 Å². The Balaban J connectivity index is 1.91. The third-order valence-corrected chi connectivity index (χ3v) is 3.29. The fourth-order valence-electron chi connectivity index (χ4n) is 2.07. The number of nitro groups is 1. The number of aryl methyl sites for hydroxylation is 1. The predicted molar refractivity (Wildman–Crippen MR) is 88.2 cm³/mol. The maximum absolute atomic E-state index is 11.9. The van der Waals surface area contributed by atoms with Gasteiger partial charge in [0.1, 0.15) is 5.75 Å². The van der Waals surface area contributed by atoms with Crippen LogP contribution in [0.2, 0.25) is 0 Å². The van der Waals surface area contributed by atoms with Gasteiger partial charge in [0.2, 0.25) is 0 Å². The number of benzene rings is 2. The molecule has 0 unspecified atom stereocenters. The Morgan fingerprint density at radius 1 is 1.25 bits per heavy atom. The highest BCUT2D eigenvalue weighted by Gasteiger charge is 2.16. The molecule has 0 aliphatic rings. The van der Waals surface area contributed by atoms with Gasteiger partial charge in [0, 0.05) is 12.6 Å². The monoisotopic (exact) mass is 330 g/mol. The van der Waals surface area contributed by atoms with Crippen molar-refractivity contribution in [2.45, 2.75) is 13.5 Å². The molecule has 7 heteroatoms. The summed E-state index contributed by atoms with van der Waals surface area (Å²) >= 11 is 0. The first-order valence-electron chi connectivity index (χ1n) is 7.27. The second-order valence-electron chi connectivity index (χ2n) is 5.15. The Hall–Kier alpha value is -3.09. The third kappa shape index (κ3) is 4.70. The molecule has 2 rings (SSSR count). The van der Waals surface area contributed by atoms with Crippen LogP contribution in [0.15, 0.2) is 42.5 Å². The number of nitrogens with zero attached hydrogens (tertiary/aromatic N) is 1. The summed E-state index contributed by atoms with van der Waals surface area (Å²) in [6.07, 6.45) is 0. The van der Waals surface area contributed by atoms with Gasteiger partial charge in [-0.1, -0.05) is 18.2 Å². The first-order valence-corrected chi connectivity index (χ1v) is 7.27. The number of rotatable bonds is 7. The summed E-state index contributed by atoms with van der Waals surface area (Å²) in [5.41, 5.74) is 1.53. The molecule has 0 heterocycles. The van der Waals surface area contributed by atoms with Gasteiger partial charge in [-0.15, -0.1) is 0 Å². The van der Waals surface area contributed by atoms with E-state index in [0.717, 1.165) is 11.1 Å². The van der Waals surface area contributed by atoms with Crippen LogP contribution in [-0.4, -0.2) is 24.5 Å². The molecule has 7 nitrogen and oxygen atoms in total. The molecule has 2 aromatic carbocycles. The van der Waals surface area contributed by atoms with Crippen molar-refractivity contribution in [3.05, 3.63) is 63.7 Å². The van der Waals surface area contributed by atoms with Crippen molar-refractivity contribution in [2.75, 3.05) is 13.7 Å². The lowest BCUT2D eigenvalue weighted by molar-refractivity contribution is -0.385. The van der Waals surface area contributed by atoms with E-state index in [1.165, 1.54) is 12.1 Å². The van der Waals surface area contributed by atoms with Crippen LogP contribution in [0.3, 0.4) is 0 Å². The topological polar surface area (TPSA) is 90.7 Å². The van der Waals surface area contributed by atoms with E-state index in [0.29, 0.717) is 12.3 Å². The number of carbonyl (C=O) groups is 1. The lowest BCUT2D eigenvalue weighted by atomic mass is 10.2. The van der Waals surface area contributed by atoms with Crippen LogP contribution < -0.4 is 14.8 Å². The summed E-state index contributed by atoms with van der Waals surface area (Å²) in [5.74, 6) is 0.415. The number of amides is 1. The Morgan fingerprint density at radius 2 is 2.04 bits per heavy atom. The maximum Gasteiger partial charge on any atom is 0.310 e. The minimum Gasteiger partial charge on any atom is -0.497 e. The third-order valence-electron chi connectivity index (χ3n) is 3.29. The van der Waals surface area contributed by atoms with Gasteiger partial charge in [0.05, 0.1) is 12.0 Å². The molecule has 0 spiro atoms. The van der Waals surface area contributed by atoms with E-state index in [9.17, 15) is 14.9 Å². The standard InChI is InChI=1S/C17H18N2O5/c1-12-6-7-15(19(21)22)16(8-12)24-11-17(20)18-10-13-4-3-5-14(9-13)23-2/h3-9H,10-11H2,1-2H3,(H,18,20). The number of nitro benzene ring substituents is 1. The minimum atomic E-state index is -0.539. The van der Waals surface area contributed by atoms with Crippen LogP contribution in [-0.2, 0) is 11.3 Å². The smallest absolute Gasteiger partial charge is 0.310 e.